The average molecular weight is 325 g/mol. The third kappa shape index (κ3) is 3.50. The molecule has 0 saturated carbocycles. The Hall–Kier alpha value is -1.49. The monoisotopic (exact) mass is 324 g/mol. The van der Waals surface area contributed by atoms with Crippen molar-refractivity contribution in [2.45, 2.75) is 26.7 Å². The number of halogens is 2. The lowest BCUT2D eigenvalue weighted by Crippen LogP contribution is -2.00. The van der Waals surface area contributed by atoms with Crippen LogP contribution in [0.2, 0.25) is 0 Å². The Balaban J connectivity index is 2.35. The SMILES string of the molecule is Cc1ccc(F)c(Oc2cc(Br)nc(C(C)C)n2)c1. The van der Waals surface area contributed by atoms with Gasteiger partial charge in [0, 0.05) is 12.0 Å². The van der Waals surface area contributed by atoms with Gasteiger partial charge in [0.25, 0.3) is 0 Å². The second-order valence-electron chi connectivity index (χ2n) is 4.58. The van der Waals surface area contributed by atoms with E-state index in [1.807, 2.05) is 20.8 Å². The molecule has 0 aliphatic carbocycles. The molecule has 0 N–H and O–H groups in total. The zero-order valence-electron chi connectivity index (χ0n) is 10.9. The van der Waals surface area contributed by atoms with Gasteiger partial charge in [0.2, 0.25) is 5.88 Å². The van der Waals surface area contributed by atoms with Crippen LogP contribution in [-0.4, -0.2) is 9.97 Å². The van der Waals surface area contributed by atoms with Crippen LogP contribution in [0, 0.1) is 12.7 Å². The van der Waals surface area contributed by atoms with E-state index in [2.05, 4.69) is 25.9 Å². The van der Waals surface area contributed by atoms with Gasteiger partial charge >= 0.3 is 0 Å². The molecule has 2 rings (SSSR count). The van der Waals surface area contributed by atoms with Crippen LogP contribution in [-0.2, 0) is 0 Å². The first-order valence-corrected chi connectivity index (χ1v) is 6.73. The van der Waals surface area contributed by atoms with Crippen LogP contribution in [0.25, 0.3) is 0 Å². The van der Waals surface area contributed by atoms with E-state index in [-0.39, 0.29) is 11.7 Å². The lowest BCUT2D eigenvalue weighted by molar-refractivity contribution is 0.422. The van der Waals surface area contributed by atoms with Gasteiger partial charge in [0.1, 0.15) is 10.4 Å². The van der Waals surface area contributed by atoms with Crippen molar-refractivity contribution >= 4 is 15.9 Å². The van der Waals surface area contributed by atoms with Crippen molar-refractivity contribution in [2.75, 3.05) is 0 Å². The van der Waals surface area contributed by atoms with Gasteiger partial charge in [0.15, 0.2) is 11.6 Å². The van der Waals surface area contributed by atoms with Crippen LogP contribution in [0.5, 0.6) is 11.6 Å². The van der Waals surface area contributed by atoms with Gasteiger partial charge in [-0.25, -0.2) is 9.37 Å². The molecule has 19 heavy (non-hydrogen) atoms. The second-order valence-corrected chi connectivity index (χ2v) is 5.39. The normalized spacial score (nSPS) is 10.8. The fourth-order valence-electron chi connectivity index (χ4n) is 1.53. The molecular formula is C14H14BrFN2O. The first-order valence-electron chi connectivity index (χ1n) is 5.94. The minimum atomic E-state index is -0.411. The summed E-state index contributed by atoms with van der Waals surface area (Å²) in [6, 6.07) is 6.33. The molecule has 0 amide bonds. The largest absolute Gasteiger partial charge is 0.436 e. The van der Waals surface area contributed by atoms with Gasteiger partial charge in [-0.05, 0) is 40.5 Å². The molecule has 0 spiro atoms. The van der Waals surface area contributed by atoms with Gasteiger partial charge < -0.3 is 4.74 Å². The molecule has 0 aliphatic heterocycles. The summed E-state index contributed by atoms with van der Waals surface area (Å²) < 4.78 is 19.8. The fourth-order valence-corrected chi connectivity index (χ4v) is 1.90. The van der Waals surface area contributed by atoms with Crippen LogP contribution in [0.4, 0.5) is 4.39 Å². The Morgan fingerprint density at radius 3 is 2.63 bits per heavy atom. The highest BCUT2D eigenvalue weighted by Gasteiger charge is 2.10. The standard InChI is InChI=1S/C14H14BrFN2O/c1-8(2)14-17-12(15)7-13(18-14)19-11-6-9(3)4-5-10(11)16/h4-8H,1-3H3. The van der Waals surface area contributed by atoms with Crippen molar-refractivity contribution < 1.29 is 9.13 Å². The van der Waals surface area contributed by atoms with Crippen molar-refractivity contribution in [3.05, 3.63) is 46.1 Å². The molecule has 0 bridgehead atoms. The zero-order valence-corrected chi connectivity index (χ0v) is 12.5. The predicted octanol–water partition coefficient (Wildman–Crippen LogP) is 4.60. The molecule has 2 aromatic rings. The molecule has 3 nitrogen and oxygen atoms in total. The number of aromatic nitrogens is 2. The number of nitrogens with zero attached hydrogens (tertiary/aromatic N) is 2. The van der Waals surface area contributed by atoms with Crippen molar-refractivity contribution in [1.82, 2.24) is 9.97 Å². The van der Waals surface area contributed by atoms with E-state index in [9.17, 15) is 4.39 Å². The third-order valence-corrected chi connectivity index (χ3v) is 2.91. The molecule has 0 unspecified atom stereocenters. The molecule has 0 aliphatic rings. The number of hydrogen-bond acceptors (Lipinski definition) is 3. The van der Waals surface area contributed by atoms with Gasteiger partial charge in [-0.1, -0.05) is 19.9 Å². The average Bonchev–Trinajstić information content (AvgIpc) is 2.33. The Kier molecular flexibility index (Phi) is 4.14. The van der Waals surface area contributed by atoms with Gasteiger partial charge in [-0.15, -0.1) is 0 Å². The Morgan fingerprint density at radius 1 is 1.21 bits per heavy atom. The minimum Gasteiger partial charge on any atom is -0.436 e. The summed E-state index contributed by atoms with van der Waals surface area (Å²) in [6.45, 7) is 5.85. The number of ether oxygens (including phenoxy) is 1. The zero-order chi connectivity index (χ0) is 14.0. The Bertz CT molecular complexity index is 602. The van der Waals surface area contributed by atoms with E-state index in [0.717, 1.165) is 5.56 Å². The predicted molar refractivity (Wildman–Crippen MR) is 75.0 cm³/mol. The van der Waals surface area contributed by atoms with Gasteiger partial charge in [-0.2, -0.15) is 4.98 Å². The molecule has 1 aromatic carbocycles. The molecule has 1 heterocycles. The number of rotatable bonds is 3. The maximum absolute atomic E-state index is 13.6. The summed E-state index contributed by atoms with van der Waals surface area (Å²) >= 11 is 3.30. The molecule has 0 atom stereocenters. The molecular weight excluding hydrogens is 311 g/mol. The topological polar surface area (TPSA) is 35.0 Å². The highest BCUT2D eigenvalue weighted by atomic mass is 79.9. The number of benzene rings is 1. The first-order chi connectivity index (χ1) is 8.95. The number of hydrogen-bond donors (Lipinski definition) is 0. The molecule has 1 aromatic heterocycles. The highest BCUT2D eigenvalue weighted by Crippen LogP contribution is 2.26. The summed E-state index contributed by atoms with van der Waals surface area (Å²) in [5.41, 5.74) is 0.925. The Morgan fingerprint density at radius 2 is 1.95 bits per heavy atom. The lowest BCUT2D eigenvalue weighted by Gasteiger charge is -2.10. The van der Waals surface area contributed by atoms with Crippen molar-refractivity contribution in [3.63, 3.8) is 0 Å². The molecule has 0 saturated heterocycles. The van der Waals surface area contributed by atoms with Crippen LogP contribution >= 0.6 is 15.9 Å². The third-order valence-electron chi connectivity index (χ3n) is 2.51. The van der Waals surface area contributed by atoms with Gasteiger partial charge in [0.05, 0.1) is 0 Å². The quantitative estimate of drug-likeness (QED) is 0.774. The van der Waals surface area contributed by atoms with Crippen LogP contribution in [0.3, 0.4) is 0 Å². The van der Waals surface area contributed by atoms with E-state index in [1.54, 1.807) is 18.2 Å². The maximum atomic E-state index is 13.6. The summed E-state index contributed by atoms with van der Waals surface area (Å²) in [5, 5.41) is 0. The van der Waals surface area contributed by atoms with Crippen molar-refractivity contribution in [1.29, 1.82) is 0 Å². The summed E-state index contributed by atoms with van der Waals surface area (Å²) in [5.74, 6) is 0.904. The van der Waals surface area contributed by atoms with E-state index in [0.29, 0.717) is 16.3 Å². The molecule has 5 heteroatoms. The molecule has 0 radical (unpaired) electrons. The summed E-state index contributed by atoms with van der Waals surface area (Å²) in [6.07, 6.45) is 0. The fraction of sp³-hybridized carbons (Fsp3) is 0.286. The van der Waals surface area contributed by atoms with Crippen molar-refractivity contribution in [3.8, 4) is 11.6 Å². The maximum Gasteiger partial charge on any atom is 0.223 e. The summed E-state index contributed by atoms with van der Waals surface area (Å²) in [7, 11) is 0. The first kappa shape index (κ1) is 13.9. The molecule has 100 valence electrons. The van der Waals surface area contributed by atoms with Crippen LogP contribution < -0.4 is 4.74 Å². The molecule has 0 fully saturated rings. The second kappa shape index (κ2) is 5.65. The highest BCUT2D eigenvalue weighted by molar-refractivity contribution is 9.10. The van der Waals surface area contributed by atoms with E-state index in [1.165, 1.54) is 6.07 Å². The van der Waals surface area contributed by atoms with E-state index in [4.69, 9.17) is 4.74 Å². The summed E-state index contributed by atoms with van der Waals surface area (Å²) in [4.78, 5) is 8.52. The number of aryl methyl sites for hydroxylation is 1. The smallest absolute Gasteiger partial charge is 0.223 e. The lowest BCUT2D eigenvalue weighted by atomic mass is 10.2. The van der Waals surface area contributed by atoms with Crippen molar-refractivity contribution in [2.24, 2.45) is 0 Å². The van der Waals surface area contributed by atoms with Gasteiger partial charge in [-0.3, -0.25) is 0 Å². The van der Waals surface area contributed by atoms with Crippen LogP contribution in [0.1, 0.15) is 31.2 Å². The minimum absolute atomic E-state index is 0.167. The van der Waals surface area contributed by atoms with Crippen LogP contribution in [0.15, 0.2) is 28.9 Å². The van der Waals surface area contributed by atoms with E-state index >= 15 is 0 Å². The Labute approximate surface area is 120 Å². The van der Waals surface area contributed by atoms with E-state index < -0.39 is 5.82 Å².